The minimum absolute atomic E-state index is 1.06. The van der Waals surface area contributed by atoms with Crippen molar-refractivity contribution in [2.24, 2.45) is 0 Å². The Morgan fingerprint density at radius 1 is 1.31 bits per heavy atom. The Bertz CT molecular complexity index is 273. The minimum Gasteiger partial charge on any atom is -0.790 e. The maximum Gasteiger partial charge on any atom is 0.189 e. The third kappa shape index (κ3) is 5.64. The molecule has 0 spiro atoms. The molecule has 0 aliphatic carbocycles. The quantitative estimate of drug-likeness (QED) is 0.328. The fraction of sp³-hybridized carbons (Fsp3) is 0.833. The number of hydrogen-bond donors (Lipinski definition) is 4. The van der Waals surface area contributed by atoms with Gasteiger partial charge in [-0.2, -0.15) is 0 Å². The number of rotatable bonds is 7. The molecule has 0 unspecified atom stereocenters. The van der Waals surface area contributed by atoms with Crippen molar-refractivity contribution in [3.63, 3.8) is 0 Å². The van der Waals surface area contributed by atoms with Crippen LogP contribution in [0.3, 0.4) is 0 Å². The van der Waals surface area contributed by atoms with Crippen molar-refractivity contribution in [2.75, 3.05) is 13.2 Å². The molecule has 0 aromatic rings. The predicted molar refractivity (Wildman–Crippen MR) is 43.7 cm³/mol. The maximum absolute atomic E-state index is 10.7. The zero-order valence-electron chi connectivity index (χ0n) is 7.92. The number of carbonyl (C=O) groups excluding carboxylic acids is 1. The van der Waals surface area contributed by atoms with Crippen LogP contribution in [-0.2, 0) is 13.9 Å². The molecule has 4 N–H and O–H groups in total. The van der Waals surface area contributed by atoms with E-state index in [2.05, 4.69) is 4.52 Å². The normalized spacial score (nSPS) is 17.9. The van der Waals surface area contributed by atoms with E-state index in [4.69, 9.17) is 20.4 Å². The first-order valence-corrected chi connectivity index (χ1v) is 5.49. The fourth-order valence-corrected chi connectivity index (χ4v) is 1.10. The number of phosphoric acid groups is 1. The lowest BCUT2D eigenvalue weighted by Crippen LogP contribution is -2.45. The van der Waals surface area contributed by atoms with Crippen LogP contribution in [0.1, 0.15) is 0 Å². The van der Waals surface area contributed by atoms with Gasteiger partial charge in [0, 0.05) is 0 Å². The Hall–Kier alpha value is -0.380. The highest BCUT2D eigenvalue weighted by Gasteiger charge is 2.29. The summed E-state index contributed by atoms with van der Waals surface area (Å²) in [4.78, 5) is 30.7. The molecule has 0 saturated heterocycles. The van der Waals surface area contributed by atoms with Crippen molar-refractivity contribution in [1.29, 1.82) is 0 Å². The predicted octanol–water partition coefficient (Wildman–Crippen LogP) is -4.52. The third-order valence-corrected chi connectivity index (χ3v) is 2.07. The lowest BCUT2D eigenvalue weighted by atomic mass is 10.1. The molecule has 0 aromatic carbocycles. The summed E-state index contributed by atoms with van der Waals surface area (Å²) in [6.45, 7) is -2.16. The molecular formula is C6H11O9P-2. The number of aliphatic hydroxyl groups excluding tert-OH is 4. The first-order valence-electron chi connectivity index (χ1n) is 4.03. The van der Waals surface area contributed by atoms with Gasteiger partial charge in [0.1, 0.15) is 24.9 Å². The number of Topliss-reactive ketones (excluding diaryl/α,β-unsaturated/α-hetero) is 1. The fourth-order valence-electron chi connectivity index (χ4n) is 0.761. The first kappa shape index (κ1) is 15.6. The summed E-state index contributed by atoms with van der Waals surface area (Å²) in [7, 11) is -5.31. The van der Waals surface area contributed by atoms with Crippen LogP contribution in [0, 0.1) is 0 Å². The van der Waals surface area contributed by atoms with Gasteiger partial charge in [0.05, 0.1) is 14.4 Å². The average Bonchev–Trinajstić information content (AvgIpc) is 2.21. The summed E-state index contributed by atoms with van der Waals surface area (Å²) in [5.74, 6) is -1.17. The standard InChI is InChI=1S/C6H13O9P/c7-1-3(8)5(10)6(11)4(9)2-15-16(12,13)14/h4-7,9-11H,1-2H2,(H2,12,13,14)/p-2/t4-,5+,6-/m1/s1. The van der Waals surface area contributed by atoms with E-state index in [9.17, 15) is 19.1 Å². The van der Waals surface area contributed by atoms with Crippen molar-refractivity contribution in [3.05, 3.63) is 0 Å². The van der Waals surface area contributed by atoms with Crippen LogP contribution in [0.4, 0.5) is 0 Å². The Kier molecular flexibility index (Phi) is 6.23. The number of hydrogen-bond acceptors (Lipinski definition) is 9. The molecule has 0 bridgehead atoms. The molecular weight excluding hydrogens is 247 g/mol. The topological polar surface area (TPSA) is 170 Å². The molecule has 16 heavy (non-hydrogen) atoms. The Labute approximate surface area is 90.2 Å². The van der Waals surface area contributed by atoms with Crippen LogP contribution < -0.4 is 9.79 Å². The summed E-state index contributed by atoms with van der Waals surface area (Å²) in [6, 6.07) is 0. The Morgan fingerprint density at radius 3 is 2.19 bits per heavy atom. The second-order valence-electron chi connectivity index (χ2n) is 2.87. The molecule has 0 saturated carbocycles. The third-order valence-electron chi connectivity index (χ3n) is 1.61. The average molecular weight is 258 g/mol. The SMILES string of the molecule is O=C(CO)[C@H](O)[C@H](O)[C@H](O)COP(=O)([O-])[O-]. The van der Waals surface area contributed by atoms with Gasteiger partial charge < -0.3 is 39.3 Å². The van der Waals surface area contributed by atoms with Gasteiger partial charge in [-0.25, -0.2) is 0 Å². The van der Waals surface area contributed by atoms with Gasteiger partial charge in [0.15, 0.2) is 5.78 Å². The lowest BCUT2D eigenvalue weighted by molar-refractivity contribution is -0.343. The molecule has 0 fully saturated rings. The van der Waals surface area contributed by atoms with Crippen LogP contribution in [0.5, 0.6) is 0 Å². The monoisotopic (exact) mass is 258 g/mol. The summed E-state index contributed by atoms with van der Waals surface area (Å²) >= 11 is 0. The van der Waals surface area contributed by atoms with Crippen molar-refractivity contribution in [3.8, 4) is 0 Å². The van der Waals surface area contributed by atoms with E-state index in [1.165, 1.54) is 0 Å². The largest absolute Gasteiger partial charge is 0.790 e. The summed E-state index contributed by atoms with van der Waals surface area (Å²) < 4.78 is 13.6. The molecule has 0 amide bonds. The van der Waals surface area contributed by atoms with E-state index >= 15 is 0 Å². The van der Waals surface area contributed by atoms with E-state index in [1.54, 1.807) is 0 Å². The van der Waals surface area contributed by atoms with Gasteiger partial charge in [-0.3, -0.25) is 4.79 Å². The zero-order valence-corrected chi connectivity index (χ0v) is 8.82. The van der Waals surface area contributed by atoms with Crippen molar-refractivity contribution < 1.29 is 44.1 Å². The highest BCUT2D eigenvalue weighted by molar-refractivity contribution is 7.43. The van der Waals surface area contributed by atoms with E-state index in [0.717, 1.165) is 0 Å². The second kappa shape index (κ2) is 6.38. The highest BCUT2D eigenvalue weighted by Crippen LogP contribution is 2.24. The highest BCUT2D eigenvalue weighted by atomic mass is 31.2. The number of carbonyl (C=O) groups is 1. The zero-order chi connectivity index (χ0) is 12.9. The van der Waals surface area contributed by atoms with Gasteiger partial charge in [0.2, 0.25) is 0 Å². The van der Waals surface area contributed by atoms with E-state index in [0.29, 0.717) is 0 Å². The van der Waals surface area contributed by atoms with E-state index < -0.39 is 45.1 Å². The second-order valence-corrected chi connectivity index (χ2v) is 4.02. The van der Waals surface area contributed by atoms with Crippen molar-refractivity contribution in [2.45, 2.75) is 18.3 Å². The molecule has 10 heteroatoms. The molecule has 0 heterocycles. The van der Waals surface area contributed by atoms with Gasteiger partial charge in [-0.1, -0.05) is 0 Å². The molecule has 9 nitrogen and oxygen atoms in total. The lowest BCUT2D eigenvalue weighted by Gasteiger charge is -2.31. The molecule has 3 atom stereocenters. The summed E-state index contributed by atoms with van der Waals surface area (Å²) in [5, 5.41) is 35.4. The molecule has 0 aliphatic heterocycles. The van der Waals surface area contributed by atoms with Gasteiger partial charge >= 0.3 is 0 Å². The van der Waals surface area contributed by atoms with Crippen LogP contribution in [-0.4, -0.2) is 57.7 Å². The molecule has 0 aliphatic rings. The molecule has 96 valence electrons. The Morgan fingerprint density at radius 2 is 1.81 bits per heavy atom. The number of phosphoric ester groups is 1. The molecule has 0 aromatic heterocycles. The summed E-state index contributed by atoms with van der Waals surface area (Å²) in [6.07, 6.45) is -6.12. The number of aliphatic hydroxyl groups is 4. The smallest absolute Gasteiger partial charge is 0.189 e. The molecule has 0 radical (unpaired) electrons. The van der Waals surface area contributed by atoms with E-state index in [-0.39, 0.29) is 0 Å². The van der Waals surface area contributed by atoms with Crippen LogP contribution in [0.15, 0.2) is 0 Å². The van der Waals surface area contributed by atoms with Crippen LogP contribution in [0.2, 0.25) is 0 Å². The van der Waals surface area contributed by atoms with Gasteiger partial charge in [-0.15, -0.1) is 0 Å². The maximum atomic E-state index is 10.7. The van der Waals surface area contributed by atoms with Crippen LogP contribution in [0.25, 0.3) is 0 Å². The summed E-state index contributed by atoms with van der Waals surface area (Å²) in [5.41, 5.74) is 0. The Balaban J connectivity index is 4.23. The van der Waals surface area contributed by atoms with Crippen molar-refractivity contribution >= 4 is 13.6 Å². The van der Waals surface area contributed by atoms with Crippen LogP contribution >= 0.6 is 7.82 Å². The number of ketones is 1. The van der Waals surface area contributed by atoms with Gasteiger partial charge in [-0.05, 0) is 0 Å². The van der Waals surface area contributed by atoms with E-state index in [1.807, 2.05) is 0 Å². The minimum atomic E-state index is -5.31. The van der Waals surface area contributed by atoms with Crippen molar-refractivity contribution in [1.82, 2.24) is 0 Å². The molecule has 0 rings (SSSR count). The van der Waals surface area contributed by atoms with Gasteiger partial charge in [0.25, 0.3) is 0 Å². The first-order chi connectivity index (χ1) is 7.19.